The third kappa shape index (κ3) is 6.26. The lowest BCUT2D eigenvalue weighted by molar-refractivity contribution is -0.152. The van der Waals surface area contributed by atoms with E-state index in [0.717, 1.165) is 6.42 Å². The second kappa shape index (κ2) is 8.98. The van der Waals surface area contributed by atoms with Crippen molar-refractivity contribution in [1.29, 1.82) is 0 Å². The molecule has 0 aliphatic carbocycles. The van der Waals surface area contributed by atoms with E-state index >= 15 is 0 Å². The van der Waals surface area contributed by atoms with E-state index < -0.39 is 6.04 Å². The van der Waals surface area contributed by atoms with Gasteiger partial charge in [0.2, 0.25) is 0 Å². The van der Waals surface area contributed by atoms with E-state index in [4.69, 9.17) is 9.47 Å². The van der Waals surface area contributed by atoms with Gasteiger partial charge in [-0.2, -0.15) is 0 Å². The fourth-order valence-corrected chi connectivity index (χ4v) is 1.48. The molecule has 0 saturated heterocycles. The van der Waals surface area contributed by atoms with Crippen molar-refractivity contribution in [2.24, 2.45) is 0 Å². The number of nitrogens with zero attached hydrogens (tertiary/aromatic N) is 1. The third-order valence-electron chi connectivity index (χ3n) is 2.32. The van der Waals surface area contributed by atoms with Gasteiger partial charge in [-0.05, 0) is 33.7 Å². The summed E-state index contributed by atoms with van der Waals surface area (Å²) in [4.78, 5) is 24.8. The Labute approximate surface area is 103 Å². The first-order valence-electron chi connectivity index (χ1n) is 6.13. The van der Waals surface area contributed by atoms with Gasteiger partial charge in [0.1, 0.15) is 6.04 Å². The summed E-state index contributed by atoms with van der Waals surface area (Å²) in [6.07, 6.45) is 0.864. The number of esters is 2. The molecule has 0 aliphatic heterocycles. The molecule has 0 saturated carbocycles. The zero-order valence-electron chi connectivity index (χ0n) is 11.2. The molecule has 0 aromatic carbocycles. The summed E-state index contributed by atoms with van der Waals surface area (Å²) in [6, 6.07) is -0.417. The Hall–Kier alpha value is -1.10. The first kappa shape index (κ1) is 15.9. The van der Waals surface area contributed by atoms with Crippen molar-refractivity contribution in [2.75, 3.05) is 26.3 Å². The average molecular weight is 245 g/mol. The van der Waals surface area contributed by atoms with Crippen LogP contribution in [0.15, 0.2) is 0 Å². The molecule has 5 heteroatoms. The van der Waals surface area contributed by atoms with E-state index in [1.54, 1.807) is 25.7 Å². The van der Waals surface area contributed by atoms with Crippen molar-refractivity contribution in [1.82, 2.24) is 4.90 Å². The average Bonchev–Trinajstić information content (AvgIpc) is 2.28. The van der Waals surface area contributed by atoms with Gasteiger partial charge in [-0.3, -0.25) is 14.5 Å². The maximum absolute atomic E-state index is 11.6. The fraction of sp³-hybridized carbons (Fsp3) is 0.833. The van der Waals surface area contributed by atoms with Crippen LogP contribution in [0, 0.1) is 0 Å². The Balaban J connectivity index is 4.38. The Morgan fingerprint density at radius 1 is 1.12 bits per heavy atom. The molecule has 0 aliphatic rings. The van der Waals surface area contributed by atoms with Crippen LogP contribution in [0.2, 0.25) is 0 Å². The Kier molecular flexibility index (Phi) is 8.40. The molecule has 100 valence electrons. The number of carbonyl (C=O) groups is 2. The maximum Gasteiger partial charge on any atom is 0.323 e. The standard InChI is InChI=1S/C12H23NO4/c1-5-8-13(9-11(14)16-6-2)10(4)12(15)17-7-3/h10H,5-9H2,1-4H3. The highest BCUT2D eigenvalue weighted by molar-refractivity contribution is 5.77. The second-order valence-electron chi connectivity index (χ2n) is 3.70. The summed E-state index contributed by atoms with van der Waals surface area (Å²) in [5.41, 5.74) is 0. The van der Waals surface area contributed by atoms with E-state index in [1.165, 1.54) is 0 Å². The van der Waals surface area contributed by atoms with E-state index in [-0.39, 0.29) is 18.5 Å². The highest BCUT2D eigenvalue weighted by Gasteiger charge is 2.24. The molecule has 5 nitrogen and oxygen atoms in total. The van der Waals surface area contributed by atoms with Crippen LogP contribution in [0.5, 0.6) is 0 Å². The Bertz CT molecular complexity index is 243. The van der Waals surface area contributed by atoms with Crippen LogP contribution >= 0.6 is 0 Å². The molecule has 0 heterocycles. The number of hydrogen-bond donors (Lipinski definition) is 0. The van der Waals surface area contributed by atoms with Gasteiger partial charge < -0.3 is 9.47 Å². The zero-order valence-corrected chi connectivity index (χ0v) is 11.2. The zero-order chi connectivity index (χ0) is 13.3. The molecule has 0 amide bonds. The lowest BCUT2D eigenvalue weighted by Crippen LogP contribution is -2.43. The summed E-state index contributed by atoms with van der Waals surface area (Å²) in [6.45, 7) is 8.76. The highest BCUT2D eigenvalue weighted by Crippen LogP contribution is 2.03. The molecule has 0 aromatic rings. The molecule has 0 spiro atoms. The molecule has 0 radical (unpaired) electrons. The van der Waals surface area contributed by atoms with Crippen LogP contribution in [-0.2, 0) is 19.1 Å². The molecule has 0 fully saturated rings. The minimum Gasteiger partial charge on any atom is -0.465 e. The van der Waals surface area contributed by atoms with Crippen LogP contribution in [-0.4, -0.2) is 49.2 Å². The van der Waals surface area contributed by atoms with Crippen molar-refractivity contribution >= 4 is 11.9 Å². The topological polar surface area (TPSA) is 55.8 Å². The monoisotopic (exact) mass is 245 g/mol. The number of ether oxygens (including phenoxy) is 2. The predicted molar refractivity (Wildman–Crippen MR) is 64.6 cm³/mol. The van der Waals surface area contributed by atoms with Gasteiger partial charge in [-0.1, -0.05) is 6.92 Å². The molecule has 0 N–H and O–H groups in total. The largest absolute Gasteiger partial charge is 0.465 e. The van der Waals surface area contributed by atoms with Gasteiger partial charge in [0.05, 0.1) is 19.8 Å². The first-order chi connectivity index (χ1) is 8.06. The van der Waals surface area contributed by atoms with Crippen molar-refractivity contribution < 1.29 is 19.1 Å². The molecule has 1 atom stereocenters. The van der Waals surface area contributed by atoms with Crippen LogP contribution < -0.4 is 0 Å². The lowest BCUT2D eigenvalue weighted by atomic mass is 10.2. The minimum absolute atomic E-state index is 0.127. The van der Waals surface area contributed by atoms with Crippen LogP contribution in [0.3, 0.4) is 0 Å². The Morgan fingerprint density at radius 2 is 1.71 bits per heavy atom. The van der Waals surface area contributed by atoms with Gasteiger partial charge in [0.25, 0.3) is 0 Å². The van der Waals surface area contributed by atoms with E-state index in [1.807, 2.05) is 6.92 Å². The molecule has 17 heavy (non-hydrogen) atoms. The van der Waals surface area contributed by atoms with Crippen LogP contribution in [0.4, 0.5) is 0 Å². The normalized spacial score (nSPS) is 12.3. The SMILES string of the molecule is CCCN(CC(=O)OCC)C(C)C(=O)OCC. The molecule has 0 bridgehead atoms. The predicted octanol–water partition coefficient (Wildman–Crippen LogP) is 1.21. The fourth-order valence-electron chi connectivity index (χ4n) is 1.48. The molecular formula is C12H23NO4. The van der Waals surface area contributed by atoms with Crippen molar-refractivity contribution in [2.45, 2.75) is 40.2 Å². The summed E-state index contributed by atoms with van der Waals surface area (Å²) < 4.78 is 9.82. The van der Waals surface area contributed by atoms with Crippen LogP contribution in [0.25, 0.3) is 0 Å². The van der Waals surface area contributed by atoms with Crippen molar-refractivity contribution in [3.63, 3.8) is 0 Å². The van der Waals surface area contributed by atoms with Gasteiger partial charge in [-0.15, -0.1) is 0 Å². The molecular weight excluding hydrogens is 222 g/mol. The summed E-state index contributed by atoms with van der Waals surface area (Å²) in [5.74, 6) is -0.609. The molecule has 0 rings (SSSR count). The minimum atomic E-state index is -0.417. The third-order valence-corrected chi connectivity index (χ3v) is 2.32. The number of rotatable bonds is 8. The van der Waals surface area contributed by atoms with Gasteiger partial charge in [0.15, 0.2) is 0 Å². The van der Waals surface area contributed by atoms with Gasteiger partial charge in [0, 0.05) is 0 Å². The number of carbonyl (C=O) groups excluding carboxylic acids is 2. The smallest absolute Gasteiger partial charge is 0.323 e. The van der Waals surface area contributed by atoms with Crippen LogP contribution in [0.1, 0.15) is 34.1 Å². The van der Waals surface area contributed by atoms with E-state index in [2.05, 4.69) is 0 Å². The van der Waals surface area contributed by atoms with Crippen molar-refractivity contribution in [3.05, 3.63) is 0 Å². The lowest BCUT2D eigenvalue weighted by Gasteiger charge is -2.25. The molecule has 0 aromatic heterocycles. The highest BCUT2D eigenvalue weighted by atomic mass is 16.5. The molecule has 1 unspecified atom stereocenters. The summed E-state index contributed by atoms with van der Waals surface area (Å²) in [5, 5.41) is 0. The first-order valence-corrected chi connectivity index (χ1v) is 6.13. The van der Waals surface area contributed by atoms with E-state index in [9.17, 15) is 9.59 Å². The summed E-state index contributed by atoms with van der Waals surface area (Å²) >= 11 is 0. The number of hydrogen-bond acceptors (Lipinski definition) is 5. The maximum atomic E-state index is 11.6. The Morgan fingerprint density at radius 3 is 2.18 bits per heavy atom. The summed E-state index contributed by atoms with van der Waals surface area (Å²) in [7, 11) is 0. The van der Waals surface area contributed by atoms with Gasteiger partial charge >= 0.3 is 11.9 Å². The van der Waals surface area contributed by atoms with Gasteiger partial charge in [-0.25, -0.2) is 0 Å². The second-order valence-corrected chi connectivity index (χ2v) is 3.70. The van der Waals surface area contributed by atoms with E-state index in [0.29, 0.717) is 19.8 Å². The quantitative estimate of drug-likeness (QED) is 0.602. The van der Waals surface area contributed by atoms with Crippen molar-refractivity contribution in [3.8, 4) is 0 Å².